The molecule has 0 fully saturated rings. The zero-order chi connectivity index (χ0) is 22.0. The Hall–Kier alpha value is -3.67. The van der Waals surface area contributed by atoms with Gasteiger partial charge in [-0.05, 0) is 56.2 Å². The summed E-state index contributed by atoms with van der Waals surface area (Å²) < 4.78 is 20.7. The van der Waals surface area contributed by atoms with Crippen molar-refractivity contribution < 1.29 is 18.7 Å². The highest BCUT2D eigenvalue weighted by Crippen LogP contribution is 2.22. The number of fused-ring (bicyclic) bond motifs is 1. The van der Waals surface area contributed by atoms with E-state index in [4.69, 9.17) is 4.74 Å². The van der Waals surface area contributed by atoms with E-state index in [1.807, 2.05) is 42.0 Å². The Kier molecular flexibility index (Phi) is 5.71. The average Bonchev–Trinajstić information content (AvgIpc) is 3.30. The number of esters is 1. The van der Waals surface area contributed by atoms with Crippen LogP contribution in [-0.2, 0) is 16.0 Å². The Morgan fingerprint density at radius 3 is 2.68 bits per heavy atom. The molecule has 0 saturated carbocycles. The summed E-state index contributed by atoms with van der Waals surface area (Å²) in [4.78, 5) is 28.0. The minimum absolute atomic E-state index is 0.192. The minimum Gasteiger partial charge on any atom is -0.457 e. The number of Topliss-reactive ketones (excluding diaryl/α,β-unsaturated/α-hetero) is 1. The number of benzene rings is 2. The number of hydrogen-bond donors (Lipinski definition) is 1. The molecule has 6 heteroatoms. The first kappa shape index (κ1) is 20.6. The minimum atomic E-state index is -0.419. The summed E-state index contributed by atoms with van der Waals surface area (Å²) in [6.07, 6.45) is 2.62. The number of nitrogens with one attached hydrogen (secondary N) is 1. The van der Waals surface area contributed by atoms with Gasteiger partial charge in [-0.15, -0.1) is 0 Å². The molecule has 2 heterocycles. The molecule has 2 aromatic heterocycles. The Bertz CT molecular complexity index is 1270. The SMILES string of the molecule is Cc1cc(C(=O)COC(=O)CCc2c[nH]c3ccccc23)c(C)n1-c1cccc(F)c1. The molecule has 0 aliphatic rings. The van der Waals surface area contributed by atoms with Gasteiger partial charge < -0.3 is 14.3 Å². The molecule has 4 rings (SSSR count). The topological polar surface area (TPSA) is 64.1 Å². The van der Waals surface area contributed by atoms with Crippen LogP contribution in [0.5, 0.6) is 0 Å². The molecule has 0 spiro atoms. The van der Waals surface area contributed by atoms with Crippen molar-refractivity contribution in [3.63, 3.8) is 0 Å². The maximum atomic E-state index is 13.6. The number of nitrogens with zero attached hydrogens (tertiary/aromatic N) is 1. The molecule has 0 aliphatic carbocycles. The van der Waals surface area contributed by atoms with Gasteiger partial charge in [0, 0.05) is 46.2 Å². The number of rotatable bonds is 7. The molecular weight excluding hydrogens is 395 g/mol. The second-order valence-electron chi connectivity index (χ2n) is 7.54. The molecule has 5 nitrogen and oxygen atoms in total. The molecule has 31 heavy (non-hydrogen) atoms. The first-order valence-corrected chi connectivity index (χ1v) is 10.1. The number of carbonyl (C=O) groups is 2. The molecule has 0 unspecified atom stereocenters. The summed E-state index contributed by atoms with van der Waals surface area (Å²) in [5.74, 6) is -1.05. The maximum Gasteiger partial charge on any atom is 0.306 e. The van der Waals surface area contributed by atoms with Gasteiger partial charge in [-0.1, -0.05) is 24.3 Å². The molecule has 0 amide bonds. The lowest BCUT2D eigenvalue weighted by Crippen LogP contribution is -2.15. The van der Waals surface area contributed by atoms with E-state index in [9.17, 15) is 14.0 Å². The lowest BCUT2D eigenvalue weighted by molar-refractivity contribution is -0.142. The Morgan fingerprint density at radius 2 is 1.87 bits per heavy atom. The summed E-state index contributed by atoms with van der Waals surface area (Å²) >= 11 is 0. The van der Waals surface area contributed by atoms with Crippen molar-refractivity contribution in [3.8, 4) is 5.69 Å². The Morgan fingerprint density at radius 1 is 1.06 bits per heavy atom. The van der Waals surface area contributed by atoms with E-state index in [0.29, 0.717) is 23.4 Å². The molecule has 0 aliphatic heterocycles. The number of para-hydroxylation sites is 1. The number of aromatic amines is 1. The summed E-state index contributed by atoms with van der Waals surface area (Å²) in [6.45, 7) is 3.33. The second-order valence-corrected chi connectivity index (χ2v) is 7.54. The third-order valence-electron chi connectivity index (χ3n) is 5.44. The second kappa shape index (κ2) is 8.60. The number of halogens is 1. The zero-order valence-corrected chi connectivity index (χ0v) is 17.4. The summed E-state index contributed by atoms with van der Waals surface area (Å²) in [6, 6.07) is 15.8. The molecule has 4 aromatic rings. The van der Waals surface area contributed by atoms with Crippen molar-refractivity contribution in [2.45, 2.75) is 26.7 Å². The van der Waals surface area contributed by atoms with Gasteiger partial charge in [-0.3, -0.25) is 9.59 Å². The Balaban J connectivity index is 1.38. The van der Waals surface area contributed by atoms with Crippen molar-refractivity contribution >= 4 is 22.7 Å². The van der Waals surface area contributed by atoms with Gasteiger partial charge in [0.2, 0.25) is 5.78 Å². The van der Waals surface area contributed by atoms with Crippen molar-refractivity contribution in [2.24, 2.45) is 0 Å². The lowest BCUT2D eigenvalue weighted by atomic mass is 10.1. The van der Waals surface area contributed by atoms with Crippen LogP contribution in [0.3, 0.4) is 0 Å². The van der Waals surface area contributed by atoms with Crippen molar-refractivity contribution in [3.05, 3.63) is 89.1 Å². The van der Waals surface area contributed by atoms with Gasteiger partial charge in [0.25, 0.3) is 0 Å². The largest absolute Gasteiger partial charge is 0.457 e. The number of ether oxygens (including phenoxy) is 1. The molecule has 0 radical (unpaired) electrons. The molecule has 0 bridgehead atoms. The van der Waals surface area contributed by atoms with Crippen LogP contribution in [0.25, 0.3) is 16.6 Å². The van der Waals surface area contributed by atoms with Crippen LogP contribution in [0.2, 0.25) is 0 Å². The van der Waals surface area contributed by atoms with E-state index in [1.54, 1.807) is 25.1 Å². The average molecular weight is 418 g/mol. The van der Waals surface area contributed by atoms with E-state index < -0.39 is 5.97 Å². The fraction of sp³-hybridized carbons (Fsp3) is 0.200. The van der Waals surface area contributed by atoms with Gasteiger partial charge in [0.1, 0.15) is 5.82 Å². The number of H-pyrrole nitrogens is 1. The van der Waals surface area contributed by atoms with Crippen LogP contribution < -0.4 is 0 Å². The first-order valence-electron chi connectivity index (χ1n) is 10.1. The monoisotopic (exact) mass is 418 g/mol. The quantitative estimate of drug-likeness (QED) is 0.337. The predicted octanol–water partition coefficient (Wildman–Crippen LogP) is 5.07. The fourth-order valence-electron chi connectivity index (χ4n) is 3.93. The number of aromatic nitrogens is 2. The van der Waals surface area contributed by atoms with Crippen molar-refractivity contribution in [1.29, 1.82) is 0 Å². The highest BCUT2D eigenvalue weighted by Gasteiger charge is 2.18. The van der Waals surface area contributed by atoms with Crippen LogP contribution >= 0.6 is 0 Å². The van der Waals surface area contributed by atoms with E-state index in [1.165, 1.54) is 12.1 Å². The number of ketones is 1. The van der Waals surface area contributed by atoms with Crippen molar-refractivity contribution in [1.82, 2.24) is 9.55 Å². The highest BCUT2D eigenvalue weighted by atomic mass is 19.1. The molecule has 0 saturated heterocycles. The summed E-state index contributed by atoms with van der Waals surface area (Å²) in [5.41, 5.74) is 4.66. The third-order valence-corrected chi connectivity index (χ3v) is 5.44. The van der Waals surface area contributed by atoms with Crippen LogP contribution in [0.15, 0.2) is 60.8 Å². The van der Waals surface area contributed by atoms with Crippen molar-refractivity contribution in [2.75, 3.05) is 6.61 Å². The molecule has 0 atom stereocenters. The molecule has 158 valence electrons. The molecule has 1 N–H and O–H groups in total. The van der Waals surface area contributed by atoms with Crippen LogP contribution in [0.4, 0.5) is 4.39 Å². The van der Waals surface area contributed by atoms with E-state index in [-0.39, 0.29) is 24.6 Å². The van der Waals surface area contributed by atoms with Gasteiger partial charge in [-0.2, -0.15) is 0 Å². The normalized spacial score (nSPS) is 11.1. The lowest BCUT2D eigenvalue weighted by Gasteiger charge is -2.10. The predicted molar refractivity (Wildman–Crippen MR) is 117 cm³/mol. The van der Waals surface area contributed by atoms with Gasteiger partial charge in [-0.25, -0.2) is 4.39 Å². The van der Waals surface area contributed by atoms with Crippen LogP contribution in [0.1, 0.15) is 33.7 Å². The summed E-state index contributed by atoms with van der Waals surface area (Å²) in [7, 11) is 0. The zero-order valence-electron chi connectivity index (χ0n) is 17.4. The number of aryl methyl sites for hydroxylation is 2. The standard InChI is InChI=1S/C25H23FN2O3/c1-16-12-22(17(2)28(16)20-7-5-6-19(26)13-20)24(29)15-31-25(30)11-10-18-14-27-23-9-4-3-8-21(18)23/h3-9,12-14,27H,10-11,15H2,1-2H3. The fourth-order valence-corrected chi connectivity index (χ4v) is 3.93. The highest BCUT2D eigenvalue weighted by molar-refractivity contribution is 5.99. The van der Waals surface area contributed by atoms with E-state index in [2.05, 4.69) is 4.98 Å². The third kappa shape index (κ3) is 4.28. The molecule has 2 aromatic carbocycles. The van der Waals surface area contributed by atoms with Crippen LogP contribution in [0, 0.1) is 19.7 Å². The Labute approximate surface area is 179 Å². The summed E-state index contributed by atoms with van der Waals surface area (Å²) in [5, 5.41) is 1.08. The maximum absolute atomic E-state index is 13.6. The van der Waals surface area contributed by atoms with Gasteiger partial charge >= 0.3 is 5.97 Å². The number of hydrogen-bond acceptors (Lipinski definition) is 3. The first-order chi connectivity index (χ1) is 14.9. The molecular formula is C25H23FN2O3. The van der Waals surface area contributed by atoms with Gasteiger partial charge in [0.15, 0.2) is 6.61 Å². The smallest absolute Gasteiger partial charge is 0.306 e. The van der Waals surface area contributed by atoms with E-state index in [0.717, 1.165) is 22.2 Å². The van der Waals surface area contributed by atoms with E-state index >= 15 is 0 Å². The number of carbonyl (C=O) groups excluding carboxylic acids is 2. The van der Waals surface area contributed by atoms with Crippen LogP contribution in [-0.4, -0.2) is 27.9 Å². The van der Waals surface area contributed by atoms with Gasteiger partial charge in [0.05, 0.1) is 0 Å².